The Labute approximate surface area is 119 Å². The van der Waals surface area contributed by atoms with Crippen molar-refractivity contribution in [3.8, 4) is 0 Å². The molecule has 0 radical (unpaired) electrons. The fraction of sp³-hybridized carbons (Fsp3) is 0.600. The smallest absolute Gasteiger partial charge is 0.0802 e. The summed E-state index contributed by atoms with van der Waals surface area (Å²) in [5.74, 6) is 0. The first kappa shape index (κ1) is 15.7. The lowest BCUT2D eigenvalue weighted by molar-refractivity contribution is 0.134. The molecule has 1 atom stereocenters. The highest BCUT2D eigenvalue weighted by Gasteiger charge is 2.13. The summed E-state index contributed by atoms with van der Waals surface area (Å²) in [7, 11) is 2.14. The van der Waals surface area contributed by atoms with Crippen LogP contribution in [0, 0.1) is 0 Å². The Morgan fingerprint density at radius 1 is 1.17 bits per heavy atom. The van der Waals surface area contributed by atoms with Gasteiger partial charge in [0.1, 0.15) is 0 Å². The van der Waals surface area contributed by atoms with Gasteiger partial charge < -0.3 is 10.0 Å². The topological polar surface area (TPSA) is 23.5 Å². The molecule has 0 fully saturated rings. The minimum Gasteiger partial charge on any atom is -0.388 e. The molecule has 1 unspecified atom stereocenters. The maximum absolute atomic E-state index is 10.1. The molecule has 0 saturated heterocycles. The Balaban J connectivity index is 2.45. The highest BCUT2D eigenvalue weighted by molar-refractivity contribution is 9.10. The predicted molar refractivity (Wildman–Crippen MR) is 80.7 cm³/mol. The fourth-order valence-corrected chi connectivity index (χ4v) is 2.54. The second-order valence-corrected chi connectivity index (χ2v) is 5.72. The van der Waals surface area contributed by atoms with Crippen molar-refractivity contribution >= 4 is 15.9 Å². The zero-order chi connectivity index (χ0) is 13.5. The first-order valence-corrected chi connectivity index (χ1v) is 7.51. The van der Waals surface area contributed by atoms with E-state index in [1.54, 1.807) is 0 Å². The average Bonchev–Trinajstić information content (AvgIpc) is 2.38. The minimum atomic E-state index is -0.366. The summed E-state index contributed by atoms with van der Waals surface area (Å²) < 4.78 is 1.05. The molecule has 0 aliphatic carbocycles. The van der Waals surface area contributed by atoms with E-state index in [0.29, 0.717) is 6.04 Å². The quantitative estimate of drug-likeness (QED) is 0.822. The van der Waals surface area contributed by atoms with Crippen molar-refractivity contribution in [3.05, 3.63) is 34.3 Å². The Bertz CT molecular complexity index is 335. The second kappa shape index (κ2) is 7.93. The Morgan fingerprint density at radius 2 is 1.72 bits per heavy atom. The maximum atomic E-state index is 10.1. The molecule has 1 aromatic rings. The SMILES string of the molecule is CCC(CC)N(C)CCC(O)c1ccc(Br)cc1. The van der Waals surface area contributed by atoms with Crippen LogP contribution in [0.15, 0.2) is 28.7 Å². The van der Waals surface area contributed by atoms with Crippen LogP contribution in [0.4, 0.5) is 0 Å². The highest BCUT2D eigenvalue weighted by Crippen LogP contribution is 2.20. The first-order chi connectivity index (χ1) is 8.58. The van der Waals surface area contributed by atoms with Crippen LogP contribution in [-0.2, 0) is 0 Å². The van der Waals surface area contributed by atoms with Crippen molar-refractivity contribution in [2.45, 2.75) is 45.3 Å². The van der Waals surface area contributed by atoms with Crippen molar-refractivity contribution in [2.75, 3.05) is 13.6 Å². The number of halogens is 1. The third-order valence-corrected chi connectivity index (χ3v) is 4.10. The molecule has 0 aromatic heterocycles. The van der Waals surface area contributed by atoms with Gasteiger partial charge in [-0.3, -0.25) is 0 Å². The number of nitrogens with zero attached hydrogens (tertiary/aromatic N) is 1. The fourth-order valence-electron chi connectivity index (χ4n) is 2.27. The lowest BCUT2D eigenvalue weighted by Gasteiger charge is -2.27. The van der Waals surface area contributed by atoms with E-state index in [1.807, 2.05) is 24.3 Å². The molecular weight excluding hydrogens is 290 g/mol. The van der Waals surface area contributed by atoms with Gasteiger partial charge in [-0.15, -0.1) is 0 Å². The third-order valence-electron chi connectivity index (χ3n) is 3.58. The summed E-state index contributed by atoms with van der Waals surface area (Å²) in [6, 6.07) is 8.53. The van der Waals surface area contributed by atoms with Gasteiger partial charge in [0, 0.05) is 17.1 Å². The van der Waals surface area contributed by atoms with E-state index in [9.17, 15) is 5.11 Å². The number of hydrogen-bond donors (Lipinski definition) is 1. The van der Waals surface area contributed by atoms with Crippen LogP contribution >= 0.6 is 15.9 Å². The highest BCUT2D eigenvalue weighted by atomic mass is 79.9. The number of hydrogen-bond acceptors (Lipinski definition) is 2. The van der Waals surface area contributed by atoms with Gasteiger partial charge in [0.2, 0.25) is 0 Å². The van der Waals surface area contributed by atoms with Crippen molar-refractivity contribution in [1.82, 2.24) is 4.90 Å². The van der Waals surface area contributed by atoms with Gasteiger partial charge in [0.25, 0.3) is 0 Å². The van der Waals surface area contributed by atoms with Gasteiger partial charge in [0.05, 0.1) is 6.10 Å². The molecule has 0 saturated carbocycles. The standard InChI is InChI=1S/C15H24BrNO/c1-4-14(5-2)17(3)11-10-15(18)12-6-8-13(16)9-7-12/h6-9,14-15,18H,4-5,10-11H2,1-3H3. The summed E-state index contributed by atoms with van der Waals surface area (Å²) in [5.41, 5.74) is 0.996. The van der Waals surface area contributed by atoms with Crippen LogP contribution in [0.1, 0.15) is 44.8 Å². The van der Waals surface area contributed by atoms with Gasteiger partial charge in [-0.25, -0.2) is 0 Å². The normalized spacial score (nSPS) is 13.3. The molecule has 1 N–H and O–H groups in total. The predicted octanol–water partition coefficient (Wildman–Crippen LogP) is 3.99. The van der Waals surface area contributed by atoms with Crippen molar-refractivity contribution in [2.24, 2.45) is 0 Å². The first-order valence-electron chi connectivity index (χ1n) is 6.72. The van der Waals surface area contributed by atoms with E-state index in [4.69, 9.17) is 0 Å². The monoisotopic (exact) mass is 313 g/mol. The summed E-state index contributed by atoms with van der Waals surface area (Å²) in [6.45, 7) is 5.37. The summed E-state index contributed by atoms with van der Waals surface area (Å²) >= 11 is 3.40. The molecule has 0 spiro atoms. The molecule has 1 rings (SSSR count). The van der Waals surface area contributed by atoms with Gasteiger partial charge in [-0.2, -0.15) is 0 Å². The van der Waals surface area contributed by atoms with Crippen LogP contribution < -0.4 is 0 Å². The Kier molecular flexibility index (Phi) is 6.90. The molecule has 18 heavy (non-hydrogen) atoms. The van der Waals surface area contributed by atoms with Gasteiger partial charge in [0.15, 0.2) is 0 Å². The third kappa shape index (κ3) is 4.71. The molecule has 0 aliphatic heterocycles. The number of benzene rings is 1. The zero-order valence-corrected chi connectivity index (χ0v) is 13.2. The van der Waals surface area contributed by atoms with E-state index < -0.39 is 0 Å². The van der Waals surface area contributed by atoms with Crippen LogP contribution in [0.5, 0.6) is 0 Å². The average molecular weight is 314 g/mol. The lowest BCUT2D eigenvalue weighted by atomic mass is 10.1. The summed E-state index contributed by atoms with van der Waals surface area (Å²) in [4.78, 5) is 2.35. The molecule has 0 aliphatic rings. The zero-order valence-electron chi connectivity index (χ0n) is 11.6. The molecule has 0 heterocycles. The van der Waals surface area contributed by atoms with E-state index >= 15 is 0 Å². The van der Waals surface area contributed by atoms with Gasteiger partial charge >= 0.3 is 0 Å². The Hall–Kier alpha value is -0.380. The van der Waals surface area contributed by atoms with Crippen molar-refractivity contribution in [1.29, 1.82) is 0 Å². The van der Waals surface area contributed by atoms with Gasteiger partial charge in [-0.05, 0) is 44.0 Å². The van der Waals surface area contributed by atoms with Gasteiger partial charge in [-0.1, -0.05) is 41.9 Å². The largest absolute Gasteiger partial charge is 0.388 e. The van der Waals surface area contributed by atoms with E-state index in [-0.39, 0.29) is 6.10 Å². The number of rotatable bonds is 7. The molecule has 0 bridgehead atoms. The molecule has 0 amide bonds. The van der Waals surface area contributed by atoms with E-state index in [2.05, 4.69) is 41.7 Å². The van der Waals surface area contributed by atoms with Crippen LogP contribution in [0.2, 0.25) is 0 Å². The maximum Gasteiger partial charge on any atom is 0.0802 e. The summed E-state index contributed by atoms with van der Waals surface area (Å²) in [5, 5.41) is 10.1. The van der Waals surface area contributed by atoms with Crippen molar-refractivity contribution < 1.29 is 5.11 Å². The van der Waals surface area contributed by atoms with E-state index in [0.717, 1.165) is 23.0 Å². The van der Waals surface area contributed by atoms with Crippen LogP contribution in [-0.4, -0.2) is 29.6 Å². The minimum absolute atomic E-state index is 0.366. The lowest BCUT2D eigenvalue weighted by Crippen LogP contribution is -2.32. The Morgan fingerprint density at radius 3 is 2.22 bits per heavy atom. The molecule has 1 aromatic carbocycles. The van der Waals surface area contributed by atoms with Crippen LogP contribution in [0.25, 0.3) is 0 Å². The number of aliphatic hydroxyl groups excluding tert-OH is 1. The summed E-state index contributed by atoms with van der Waals surface area (Å²) in [6.07, 6.45) is 2.76. The van der Waals surface area contributed by atoms with E-state index in [1.165, 1.54) is 12.8 Å². The molecule has 3 heteroatoms. The molecular formula is C15H24BrNO. The van der Waals surface area contributed by atoms with Crippen molar-refractivity contribution in [3.63, 3.8) is 0 Å². The molecule has 2 nitrogen and oxygen atoms in total. The van der Waals surface area contributed by atoms with Crippen LogP contribution in [0.3, 0.4) is 0 Å². The molecule has 102 valence electrons. The second-order valence-electron chi connectivity index (χ2n) is 4.81. The number of aliphatic hydroxyl groups is 1.